The highest BCUT2D eigenvalue weighted by molar-refractivity contribution is 5.99. The van der Waals surface area contributed by atoms with E-state index in [0.29, 0.717) is 11.1 Å². The third-order valence-corrected chi connectivity index (χ3v) is 2.63. The summed E-state index contributed by atoms with van der Waals surface area (Å²) >= 11 is 0. The lowest BCUT2D eigenvalue weighted by molar-refractivity contribution is -0.137. The zero-order valence-corrected chi connectivity index (χ0v) is 11.5. The number of hydrogen-bond donors (Lipinski definition) is 1. The first-order valence-corrected chi connectivity index (χ1v) is 5.97. The Kier molecular flexibility index (Phi) is 4.40. The number of halogens is 3. The predicted molar refractivity (Wildman–Crippen MR) is 68.3 cm³/mol. The maximum Gasteiger partial charge on any atom is 0.416 e. The van der Waals surface area contributed by atoms with E-state index in [1.54, 1.807) is 0 Å². The van der Waals surface area contributed by atoms with E-state index in [4.69, 9.17) is 0 Å². The number of benzene rings is 1. The summed E-state index contributed by atoms with van der Waals surface area (Å²) in [4.78, 5) is 11.9. The highest BCUT2D eigenvalue weighted by atomic mass is 19.4. The molecule has 1 aromatic rings. The number of carbonyl (C=O) groups is 1. The monoisotopic (exact) mass is 273 g/mol. The van der Waals surface area contributed by atoms with Gasteiger partial charge in [-0.15, -0.1) is 0 Å². The van der Waals surface area contributed by atoms with Gasteiger partial charge in [-0.25, -0.2) is 0 Å². The largest absolute Gasteiger partial charge is 0.416 e. The number of rotatable bonds is 3. The molecule has 0 heterocycles. The van der Waals surface area contributed by atoms with Gasteiger partial charge in [0.2, 0.25) is 0 Å². The number of hydrogen-bond acceptors (Lipinski definition) is 2. The van der Waals surface area contributed by atoms with Gasteiger partial charge in [0.25, 0.3) is 0 Å². The van der Waals surface area contributed by atoms with E-state index in [-0.39, 0.29) is 17.9 Å². The molecular formula is C14H18F3NO. The van der Waals surface area contributed by atoms with Crippen molar-refractivity contribution < 1.29 is 18.0 Å². The molecule has 0 aliphatic heterocycles. The molecule has 0 aliphatic rings. The highest BCUT2D eigenvalue weighted by Gasteiger charge is 2.31. The van der Waals surface area contributed by atoms with Crippen molar-refractivity contribution >= 4 is 5.78 Å². The molecule has 0 atom stereocenters. The molecule has 0 amide bonds. The number of ketones is 1. The molecule has 1 rings (SSSR count). The van der Waals surface area contributed by atoms with E-state index >= 15 is 0 Å². The second-order valence-corrected chi connectivity index (χ2v) is 5.55. The molecule has 5 heteroatoms. The van der Waals surface area contributed by atoms with Crippen LogP contribution in [-0.2, 0) is 6.18 Å². The van der Waals surface area contributed by atoms with Crippen LogP contribution >= 0.6 is 0 Å². The van der Waals surface area contributed by atoms with Crippen molar-refractivity contribution in [1.82, 2.24) is 5.32 Å². The van der Waals surface area contributed by atoms with Gasteiger partial charge in [0.15, 0.2) is 5.78 Å². The summed E-state index contributed by atoms with van der Waals surface area (Å²) in [7, 11) is 0. The summed E-state index contributed by atoms with van der Waals surface area (Å²) in [5.74, 6) is -0.207. The molecule has 0 saturated heterocycles. The molecule has 0 unspecified atom stereocenters. The first-order valence-electron chi connectivity index (χ1n) is 5.97. The molecule has 0 aliphatic carbocycles. The molecule has 0 radical (unpaired) electrons. The lowest BCUT2D eigenvalue weighted by Gasteiger charge is -2.20. The zero-order valence-electron chi connectivity index (χ0n) is 11.5. The van der Waals surface area contributed by atoms with Crippen LogP contribution in [0, 0.1) is 6.92 Å². The minimum absolute atomic E-state index is 0.107. The Morgan fingerprint density at radius 2 is 1.79 bits per heavy atom. The normalized spacial score (nSPS) is 12.6. The van der Waals surface area contributed by atoms with Crippen LogP contribution < -0.4 is 5.32 Å². The van der Waals surface area contributed by atoms with Gasteiger partial charge in [0.05, 0.1) is 12.1 Å². The van der Waals surface area contributed by atoms with E-state index in [9.17, 15) is 18.0 Å². The Labute approximate surface area is 111 Å². The van der Waals surface area contributed by atoms with E-state index in [1.165, 1.54) is 13.0 Å². The molecule has 1 N–H and O–H groups in total. The Morgan fingerprint density at radius 3 is 2.21 bits per heavy atom. The Bertz CT molecular complexity index is 473. The lowest BCUT2D eigenvalue weighted by atomic mass is 10.0. The average Bonchev–Trinajstić information content (AvgIpc) is 2.23. The van der Waals surface area contributed by atoms with Gasteiger partial charge in [-0.3, -0.25) is 4.79 Å². The number of carbonyl (C=O) groups excluding carboxylic acids is 1. The van der Waals surface area contributed by atoms with Crippen LogP contribution in [0.2, 0.25) is 0 Å². The van der Waals surface area contributed by atoms with Crippen LogP contribution in [-0.4, -0.2) is 17.9 Å². The summed E-state index contributed by atoms with van der Waals surface area (Å²) < 4.78 is 37.5. The average molecular weight is 273 g/mol. The van der Waals surface area contributed by atoms with Gasteiger partial charge in [0.1, 0.15) is 0 Å². The molecule has 1 aromatic carbocycles. The fraction of sp³-hybridized carbons (Fsp3) is 0.500. The van der Waals surface area contributed by atoms with Crippen molar-refractivity contribution in [1.29, 1.82) is 0 Å². The van der Waals surface area contributed by atoms with Crippen LogP contribution in [0.1, 0.15) is 42.3 Å². The molecule has 0 fully saturated rings. The number of aryl methyl sites for hydroxylation is 1. The third kappa shape index (κ3) is 4.67. The van der Waals surface area contributed by atoms with Gasteiger partial charge < -0.3 is 5.32 Å². The van der Waals surface area contributed by atoms with Crippen molar-refractivity contribution in [2.45, 2.75) is 39.4 Å². The molecule has 106 valence electrons. The van der Waals surface area contributed by atoms with Crippen LogP contribution in [0.3, 0.4) is 0 Å². The smallest absolute Gasteiger partial charge is 0.305 e. The Morgan fingerprint density at radius 1 is 1.21 bits per heavy atom. The summed E-state index contributed by atoms with van der Waals surface area (Å²) in [6.07, 6.45) is -4.38. The molecule has 0 aromatic heterocycles. The van der Waals surface area contributed by atoms with Gasteiger partial charge in [-0.2, -0.15) is 13.2 Å². The van der Waals surface area contributed by atoms with E-state index in [2.05, 4.69) is 5.32 Å². The maximum absolute atomic E-state index is 12.5. The maximum atomic E-state index is 12.5. The molecule has 0 spiro atoms. The fourth-order valence-corrected chi connectivity index (χ4v) is 1.59. The molecule has 0 bridgehead atoms. The van der Waals surface area contributed by atoms with E-state index in [0.717, 1.165) is 12.1 Å². The Balaban J connectivity index is 2.88. The summed E-state index contributed by atoms with van der Waals surface area (Å²) in [6, 6.07) is 3.19. The van der Waals surface area contributed by atoms with Gasteiger partial charge in [0, 0.05) is 11.1 Å². The topological polar surface area (TPSA) is 29.1 Å². The number of nitrogens with one attached hydrogen (secondary N) is 1. The highest BCUT2D eigenvalue weighted by Crippen LogP contribution is 2.30. The first-order chi connectivity index (χ1) is 8.50. The molecule has 0 saturated carbocycles. The standard InChI is InChI=1S/C14H18F3NO/c1-9-7-10(14(15,16)17)5-6-11(9)12(19)8-18-13(2,3)4/h5-7,18H,8H2,1-4H3. The summed E-state index contributed by atoms with van der Waals surface area (Å²) in [5.41, 5.74) is -0.277. The molecule has 19 heavy (non-hydrogen) atoms. The van der Waals surface area contributed by atoms with Gasteiger partial charge in [-0.1, -0.05) is 6.07 Å². The second-order valence-electron chi connectivity index (χ2n) is 5.55. The van der Waals surface area contributed by atoms with Gasteiger partial charge >= 0.3 is 6.18 Å². The summed E-state index contributed by atoms with van der Waals surface area (Å²) in [5, 5.41) is 3.02. The van der Waals surface area contributed by atoms with Gasteiger partial charge in [-0.05, 0) is 45.4 Å². The van der Waals surface area contributed by atoms with Crippen LogP contribution in [0.5, 0.6) is 0 Å². The van der Waals surface area contributed by atoms with Crippen molar-refractivity contribution in [2.75, 3.05) is 6.54 Å². The minimum atomic E-state index is -4.38. The van der Waals surface area contributed by atoms with Crippen LogP contribution in [0.15, 0.2) is 18.2 Å². The predicted octanol–water partition coefficient (Wildman–Crippen LogP) is 3.58. The molecule has 2 nitrogen and oxygen atoms in total. The lowest BCUT2D eigenvalue weighted by Crippen LogP contribution is -2.39. The third-order valence-electron chi connectivity index (χ3n) is 2.63. The van der Waals surface area contributed by atoms with E-state index < -0.39 is 11.7 Å². The quantitative estimate of drug-likeness (QED) is 0.853. The molecular weight excluding hydrogens is 255 g/mol. The van der Waals surface area contributed by atoms with E-state index in [1.807, 2.05) is 20.8 Å². The van der Waals surface area contributed by atoms with Crippen LogP contribution in [0.4, 0.5) is 13.2 Å². The first kappa shape index (κ1) is 15.7. The SMILES string of the molecule is Cc1cc(C(F)(F)F)ccc1C(=O)CNC(C)(C)C. The zero-order chi connectivity index (χ0) is 14.8. The minimum Gasteiger partial charge on any atom is -0.305 e. The Hall–Kier alpha value is -1.36. The second kappa shape index (κ2) is 5.33. The summed E-state index contributed by atoms with van der Waals surface area (Å²) in [6.45, 7) is 7.37. The van der Waals surface area contributed by atoms with Crippen molar-refractivity contribution in [3.63, 3.8) is 0 Å². The van der Waals surface area contributed by atoms with Crippen molar-refractivity contribution in [3.05, 3.63) is 34.9 Å². The van der Waals surface area contributed by atoms with Crippen LogP contribution in [0.25, 0.3) is 0 Å². The van der Waals surface area contributed by atoms with Crippen molar-refractivity contribution in [2.24, 2.45) is 0 Å². The van der Waals surface area contributed by atoms with Crippen molar-refractivity contribution in [3.8, 4) is 0 Å². The number of alkyl halides is 3. The number of Topliss-reactive ketones (excluding diaryl/α,β-unsaturated/α-hetero) is 1. The fourth-order valence-electron chi connectivity index (χ4n) is 1.59.